The van der Waals surface area contributed by atoms with E-state index in [0.717, 1.165) is 5.56 Å². The van der Waals surface area contributed by atoms with Crippen molar-refractivity contribution in [3.05, 3.63) is 71.3 Å². The molecule has 3 rings (SSSR count). The molecule has 0 radical (unpaired) electrons. The average molecular weight is 353 g/mol. The molecule has 0 aromatic heterocycles. The zero-order valence-corrected chi connectivity index (χ0v) is 15.0. The van der Waals surface area contributed by atoms with Gasteiger partial charge in [0, 0.05) is 0 Å². The van der Waals surface area contributed by atoms with Gasteiger partial charge in [0.25, 0.3) is 0 Å². The van der Waals surface area contributed by atoms with Crippen molar-refractivity contribution in [2.45, 2.75) is 31.9 Å². The standard InChI is InChI=1S/C21H23NO4/c1-21(2)14-26-18(15-8-4-3-5-9-15)13-22(21)19(23)12-16-10-6-7-11-17(16)20(24)25/h3-11,18H,12-14H2,1-2H3,(H,24,25). The van der Waals surface area contributed by atoms with Crippen LogP contribution in [0.2, 0.25) is 0 Å². The maximum absolute atomic E-state index is 13.0. The van der Waals surface area contributed by atoms with Crippen LogP contribution in [0.1, 0.15) is 41.4 Å². The fourth-order valence-electron chi connectivity index (χ4n) is 3.30. The molecule has 5 heteroatoms. The number of hydrogen-bond donors (Lipinski definition) is 1. The zero-order valence-electron chi connectivity index (χ0n) is 15.0. The van der Waals surface area contributed by atoms with Crippen molar-refractivity contribution < 1.29 is 19.4 Å². The van der Waals surface area contributed by atoms with E-state index in [2.05, 4.69) is 0 Å². The third kappa shape index (κ3) is 3.78. The first kappa shape index (κ1) is 18.1. The number of carbonyl (C=O) groups is 2. The van der Waals surface area contributed by atoms with E-state index in [0.29, 0.717) is 18.7 Å². The molecule has 2 aromatic carbocycles. The number of carbonyl (C=O) groups excluding carboxylic acids is 1. The van der Waals surface area contributed by atoms with Gasteiger partial charge in [0.05, 0.1) is 30.7 Å². The monoisotopic (exact) mass is 353 g/mol. The molecule has 5 nitrogen and oxygen atoms in total. The first-order valence-electron chi connectivity index (χ1n) is 8.67. The van der Waals surface area contributed by atoms with Crippen LogP contribution in [-0.2, 0) is 16.0 Å². The van der Waals surface area contributed by atoms with Gasteiger partial charge < -0.3 is 14.7 Å². The van der Waals surface area contributed by atoms with Crippen molar-refractivity contribution in [2.24, 2.45) is 0 Å². The molecule has 1 unspecified atom stereocenters. The van der Waals surface area contributed by atoms with Crippen LogP contribution in [0, 0.1) is 0 Å². The summed E-state index contributed by atoms with van der Waals surface area (Å²) >= 11 is 0. The largest absolute Gasteiger partial charge is 0.478 e. The van der Waals surface area contributed by atoms with Crippen LogP contribution < -0.4 is 0 Å². The summed E-state index contributed by atoms with van der Waals surface area (Å²) < 4.78 is 5.98. The molecule has 1 atom stereocenters. The Bertz CT molecular complexity index is 801. The van der Waals surface area contributed by atoms with Crippen molar-refractivity contribution in [3.63, 3.8) is 0 Å². The number of benzene rings is 2. The number of morpholine rings is 1. The van der Waals surface area contributed by atoms with Gasteiger partial charge in [-0.05, 0) is 31.0 Å². The summed E-state index contributed by atoms with van der Waals surface area (Å²) in [7, 11) is 0. The third-order valence-corrected chi connectivity index (χ3v) is 4.78. The lowest BCUT2D eigenvalue weighted by molar-refractivity contribution is -0.154. The van der Waals surface area contributed by atoms with Gasteiger partial charge in [0.2, 0.25) is 5.91 Å². The number of hydrogen-bond acceptors (Lipinski definition) is 3. The van der Waals surface area contributed by atoms with Crippen LogP contribution in [-0.4, -0.2) is 40.6 Å². The van der Waals surface area contributed by atoms with Crippen molar-refractivity contribution >= 4 is 11.9 Å². The number of carboxylic acid groups (broad SMARTS) is 1. The van der Waals surface area contributed by atoms with Gasteiger partial charge in [-0.1, -0.05) is 48.5 Å². The molecular formula is C21H23NO4. The lowest BCUT2D eigenvalue weighted by Gasteiger charge is -2.45. The summed E-state index contributed by atoms with van der Waals surface area (Å²) in [5, 5.41) is 9.34. The molecule has 1 heterocycles. The Morgan fingerprint density at radius 2 is 1.77 bits per heavy atom. The van der Waals surface area contributed by atoms with E-state index in [9.17, 15) is 14.7 Å². The highest BCUT2D eigenvalue weighted by Gasteiger charge is 2.38. The minimum absolute atomic E-state index is 0.0629. The van der Waals surface area contributed by atoms with Crippen molar-refractivity contribution in [1.29, 1.82) is 0 Å². The molecule has 0 saturated carbocycles. The van der Waals surface area contributed by atoms with E-state index in [1.165, 1.54) is 6.07 Å². The first-order valence-corrected chi connectivity index (χ1v) is 8.67. The van der Waals surface area contributed by atoms with Crippen LogP contribution >= 0.6 is 0 Å². The van der Waals surface area contributed by atoms with Gasteiger partial charge in [-0.25, -0.2) is 4.79 Å². The van der Waals surface area contributed by atoms with E-state index < -0.39 is 11.5 Å². The Morgan fingerprint density at radius 1 is 1.12 bits per heavy atom. The van der Waals surface area contributed by atoms with E-state index in [1.807, 2.05) is 49.1 Å². The Labute approximate surface area is 153 Å². The fraction of sp³-hybridized carbons (Fsp3) is 0.333. The molecule has 1 amide bonds. The van der Waals surface area contributed by atoms with Gasteiger partial charge in [-0.3, -0.25) is 4.79 Å². The SMILES string of the molecule is CC1(C)COC(c2ccccc2)CN1C(=O)Cc1ccccc1C(=O)O. The summed E-state index contributed by atoms with van der Waals surface area (Å²) in [5.41, 5.74) is 1.29. The number of nitrogens with zero attached hydrogens (tertiary/aromatic N) is 1. The molecule has 1 aliphatic heterocycles. The van der Waals surface area contributed by atoms with Crippen LogP contribution in [0.15, 0.2) is 54.6 Å². The summed E-state index contributed by atoms with van der Waals surface area (Å²) in [4.78, 5) is 26.2. The van der Waals surface area contributed by atoms with Crippen LogP contribution in [0.5, 0.6) is 0 Å². The Hall–Kier alpha value is -2.66. The highest BCUT2D eigenvalue weighted by Crippen LogP contribution is 2.31. The summed E-state index contributed by atoms with van der Waals surface area (Å²) in [6.45, 7) is 4.81. The Kier molecular flexibility index (Phi) is 5.09. The average Bonchev–Trinajstić information content (AvgIpc) is 2.62. The molecule has 1 fully saturated rings. The van der Waals surface area contributed by atoms with E-state index in [-0.39, 0.29) is 24.0 Å². The lowest BCUT2D eigenvalue weighted by atomic mass is 9.96. The van der Waals surface area contributed by atoms with E-state index >= 15 is 0 Å². The third-order valence-electron chi connectivity index (χ3n) is 4.78. The predicted octanol–water partition coefficient (Wildman–Crippen LogP) is 3.31. The highest BCUT2D eigenvalue weighted by molar-refractivity contribution is 5.91. The Morgan fingerprint density at radius 3 is 2.46 bits per heavy atom. The summed E-state index contributed by atoms with van der Waals surface area (Å²) in [6, 6.07) is 16.5. The number of aromatic carboxylic acids is 1. The fourth-order valence-corrected chi connectivity index (χ4v) is 3.30. The molecule has 0 bridgehead atoms. The van der Waals surface area contributed by atoms with Crippen molar-refractivity contribution in [3.8, 4) is 0 Å². The molecule has 1 aliphatic rings. The number of amides is 1. The predicted molar refractivity (Wildman–Crippen MR) is 98.0 cm³/mol. The molecule has 1 saturated heterocycles. The minimum atomic E-state index is -1.02. The van der Waals surface area contributed by atoms with Crippen molar-refractivity contribution in [2.75, 3.05) is 13.2 Å². The number of rotatable bonds is 4. The molecule has 0 aliphatic carbocycles. The van der Waals surface area contributed by atoms with Gasteiger partial charge in [-0.15, -0.1) is 0 Å². The smallest absolute Gasteiger partial charge is 0.335 e. The lowest BCUT2D eigenvalue weighted by Crippen LogP contribution is -2.56. The van der Waals surface area contributed by atoms with Gasteiger partial charge >= 0.3 is 5.97 Å². The zero-order chi connectivity index (χ0) is 18.7. The molecular weight excluding hydrogens is 330 g/mol. The van der Waals surface area contributed by atoms with E-state index in [4.69, 9.17) is 4.74 Å². The molecule has 1 N–H and O–H groups in total. The Balaban J connectivity index is 1.81. The van der Waals surface area contributed by atoms with Crippen molar-refractivity contribution in [1.82, 2.24) is 4.90 Å². The molecule has 26 heavy (non-hydrogen) atoms. The summed E-state index contributed by atoms with van der Waals surface area (Å²) in [5.74, 6) is -1.11. The van der Waals surface area contributed by atoms with Crippen LogP contribution in [0.25, 0.3) is 0 Å². The number of ether oxygens (including phenoxy) is 1. The van der Waals surface area contributed by atoms with Crippen LogP contribution in [0.3, 0.4) is 0 Å². The second-order valence-corrected chi connectivity index (χ2v) is 7.17. The highest BCUT2D eigenvalue weighted by atomic mass is 16.5. The topological polar surface area (TPSA) is 66.8 Å². The number of carboxylic acids is 1. The van der Waals surface area contributed by atoms with Crippen LogP contribution in [0.4, 0.5) is 0 Å². The molecule has 0 spiro atoms. The van der Waals surface area contributed by atoms with Gasteiger partial charge in [0.15, 0.2) is 0 Å². The molecule has 2 aromatic rings. The van der Waals surface area contributed by atoms with Gasteiger partial charge in [0.1, 0.15) is 6.10 Å². The quantitative estimate of drug-likeness (QED) is 0.916. The maximum Gasteiger partial charge on any atom is 0.335 e. The second kappa shape index (κ2) is 7.30. The summed E-state index contributed by atoms with van der Waals surface area (Å²) in [6.07, 6.45) is -0.115. The van der Waals surface area contributed by atoms with Gasteiger partial charge in [-0.2, -0.15) is 0 Å². The maximum atomic E-state index is 13.0. The normalized spacial score (nSPS) is 19.2. The van der Waals surface area contributed by atoms with E-state index in [1.54, 1.807) is 18.2 Å². The second-order valence-electron chi connectivity index (χ2n) is 7.17. The first-order chi connectivity index (χ1) is 12.4. The minimum Gasteiger partial charge on any atom is -0.478 e. The molecule has 136 valence electrons.